The standard InChI is InChI=1S/C11H12O3.C4H8O/c1-9(11(12)13)7-8-14-10-5-3-2-4-6-10;1-2-4-5-3-1/h2-6H,1,7-8H2,(H,12,13);1-4H2. The van der Waals surface area contributed by atoms with Crippen molar-refractivity contribution in [3.05, 3.63) is 42.5 Å². The van der Waals surface area contributed by atoms with Crippen LogP contribution in [0.3, 0.4) is 0 Å². The van der Waals surface area contributed by atoms with Gasteiger partial charge in [0.25, 0.3) is 0 Å². The maximum atomic E-state index is 10.4. The second-order valence-corrected chi connectivity index (χ2v) is 4.14. The van der Waals surface area contributed by atoms with Crippen molar-refractivity contribution in [2.24, 2.45) is 0 Å². The van der Waals surface area contributed by atoms with Gasteiger partial charge in [0.15, 0.2) is 0 Å². The maximum absolute atomic E-state index is 10.4. The number of carboxylic acid groups (broad SMARTS) is 1. The van der Waals surface area contributed by atoms with Crippen LogP contribution in [0.4, 0.5) is 0 Å². The molecule has 2 rings (SSSR count). The molecule has 0 amide bonds. The Morgan fingerprint density at radius 2 is 1.89 bits per heavy atom. The van der Waals surface area contributed by atoms with Gasteiger partial charge in [0.05, 0.1) is 6.61 Å². The Morgan fingerprint density at radius 3 is 2.37 bits per heavy atom. The topological polar surface area (TPSA) is 55.8 Å². The predicted molar refractivity (Wildman–Crippen MR) is 73.4 cm³/mol. The molecule has 1 aromatic carbocycles. The normalized spacial score (nSPS) is 13.3. The summed E-state index contributed by atoms with van der Waals surface area (Å²) >= 11 is 0. The highest BCUT2D eigenvalue weighted by Gasteiger charge is 2.03. The molecule has 0 spiro atoms. The van der Waals surface area contributed by atoms with Gasteiger partial charge in [0.1, 0.15) is 5.75 Å². The van der Waals surface area contributed by atoms with E-state index >= 15 is 0 Å². The highest BCUT2D eigenvalue weighted by molar-refractivity contribution is 5.85. The third kappa shape index (κ3) is 7.26. The van der Waals surface area contributed by atoms with Crippen molar-refractivity contribution >= 4 is 5.97 Å². The van der Waals surface area contributed by atoms with Crippen LogP contribution in [0.15, 0.2) is 42.5 Å². The number of aliphatic carboxylic acids is 1. The highest BCUT2D eigenvalue weighted by Crippen LogP contribution is 2.09. The average molecular weight is 264 g/mol. The number of hydrogen-bond donors (Lipinski definition) is 1. The fourth-order valence-electron chi connectivity index (χ4n) is 1.43. The van der Waals surface area contributed by atoms with Gasteiger partial charge in [-0.05, 0) is 25.0 Å². The lowest BCUT2D eigenvalue weighted by molar-refractivity contribution is -0.132. The number of carbonyl (C=O) groups is 1. The summed E-state index contributed by atoms with van der Waals surface area (Å²) in [5.74, 6) is -0.229. The Balaban J connectivity index is 0.000000300. The fraction of sp³-hybridized carbons (Fsp3) is 0.400. The molecule has 1 saturated heterocycles. The van der Waals surface area contributed by atoms with E-state index in [1.807, 2.05) is 30.3 Å². The molecular formula is C15H20O4. The van der Waals surface area contributed by atoms with Gasteiger partial charge in [0.2, 0.25) is 0 Å². The molecule has 1 N–H and O–H groups in total. The first-order chi connectivity index (χ1) is 9.20. The molecule has 4 nitrogen and oxygen atoms in total. The van der Waals surface area contributed by atoms with Crippen LogP contribution in [0.1, 0.15) is 19.3 Å². The molecular weight excluding hydrogens is 244 g/mol. The molecule has 0 aromatic heterocycles. The molecule has 19 heavy (non-hydrogen) atoms. The fourth-order valence-corrected chi connectivity index (χ4v) is 1.43. The van der Waals surface area contributed by atoms with Crippen LogP contribution in [-0.2, 0) is 9.53 Å². The number of ether oxygens (including phenoxy) is 2. The van der Waals surface area contributed by atoms with Crippen LogP contribution < -0.4 is 4.74 Å². The summed E-state index contributed by atoms with van der Waals surface area (Å²) in [5, 5.41) is 8.52. The summed E-state index contributed by atoms with van der Waals surface area (Å²) in [4.78, 5) is 10.4. The number of carboxylic acids is 1. The minimum absolute atomic E-state index is 0.168. The van der Waals surface area contributed by atoms with Crippen LogP contribution in [-0.4, -0.2) is 30.9 Å². The van der Waals surface area contributed by atoms with E-state index < -0.39 is 5.97 Å². The predicted octanol–water partition coefficient (Wildman–Crippen LogP) is 2.89. The maximum Gasteiger partial charge on any atom is 0.331 e. The second-order valence-electron chi connectivity index (χ2n) is 4.14. The van der Waals surface area contributed by atoms with Crippen molar-refractivity contribution in [3.8, 4) is 5.75 Å². The Morgan fingerprint density at radius 1 is 1.26 bits per heavy atom. The first kappa shape index (κ1) is 15.2. The lowest BCUT2D eigenvalue weighted by Crippen LogP contribution is -2.05. The van der Waals surface area contributed by atoms with Gasteiger partial charge < -0.3 is 14.6 Å². The monoisotopic (exact) mass is 264 g/mol. The highest BCUT2D eigenvalue weighted by atomic mass is 16.5. The summed E-state index contributed by atoms with van der Waals surface area (Å²) in [6.07, 6.45) is 2.89. The van der Waals surface area contributed by atoms with Crippen molar-refractivity contribution in [3.63, 3.8) is 0 Å². The third-order valence-electron chi connectivity index (χ3n) is 2.55. The van der Waals surface area contributed by atoms with Crippen molar-refractivity contribution in [2.45, 2.75) is 19.3 Å². The number of para-hydroxylation sites is 1. The van der Waals surface area contributed by atoms with Crippen LogP contribution >= 0.6 is 0 Å². The van der Waals surface area contributed by atoms with Crippen LogP contribution in [0, 0.1) is 0 Å². The van der Waals surface area contributed by atoms with Crippen molar-refractivity contribution < 1.29 is 19.4 Å². The molecule has 0 aliphatic carbocycles. The number of rotatable bonds is 5. The van der Waals surface area contributed by atoms with Gasteiger partial charge in [0, 0.05) is 25.2 Å². The second kappa shape index (κ2) is 9.16. The smallest absolute Gasteiger partial charge is 0.331 e. The summed E-state index contributed by atoms with van der Waals surface area (Å²) in [6.45, 7) is 5.75. The van der Waals surface area contributed by atoms with Crippen LogP contribution in [0.5, 0.6) is 5.75 Å². The molecule has 1 fully saturated rings. The molecule has 0 saturated carbocycles. The zero-order chi connectivity index (χ0) is 13.9. The Hall–Kier alpha value is -1.81. The van der Waals surface area contributed by atoms with Crippen molar-refractivity contribution in [1.82, 2.24) is 0 Å². The van der Waals surface area contributed by atoms with Gasteiger partial charge in [-0.3, -0.25) is 0 Å². The summed E-state index contributed by atoms with van der Waals surface area (Å²) < 4.78 is 10.2. The first-order valence-electron chi connectivity index (χ1n) is 6.37. The van der Waals surface area contributed by atoms with E-state index in [0.717, 1.165) is 19.0 Å². The molecule has 0 atom stereocenters. The molecule has 4 heteroatoms. The quantitative estimate of drug-likeness (QED) is 0.831. The van der Waals surface area contributed by atoms with E-state index in [0.29, 0.717) is 13.0 Å². The van der Waals surface area contributed by atoms with E-state index in [1.165, 1.54) is 12.8 Å². The van der Waals surface area contributed by atoms with Gasteiger partial charge in [-0.2, -0.15) is 0 Å². The molecule has 0 bridgehead atoms. The van der Waals surface area contributed by atoms with E-state index in [1.54, 1.807) is 0 Å². The van der Waals surface area contributed by atoms with Gasteiger partial charge in [-0.1, -0.05) is 24.8 Å². The largest absolute Gasteiger partial charge is 0.493 e. The molecule has 1 aromatic rings. The Bertz CT molecular complexity index is 375. The number of hydrogen-bond acceptors (Lipinski definition) is 3. The number of benzene rings is 1. The molecule has 104 valence electrons. The molecule has 0 radical (unpaired) electrons. The van der Waals surface area contributed by atoms with E-state index in [2.05, 4.69) is 6.58 Å². The van der Waals surface area contributed by atoms with Gasteiger partial charge in [-0.15, -0.1) is 0 Å². The zero-order valence-electron chi connectivity index (χ0n) is 11.0. The molecule has 0 unspecified atom stereocenters. The average Bonchev–Trinajstić information content (AvgIpc) is 2.99. The summed E-state index contributed by atoms with van der Waals surface area (Å²) in [5.41, 5.74) is 0.168. The lowest BCUT2D eigenvalue weighted by Gasteiger charge is -2.04. The lowest BCUT2D eigenvalue weighted by atomic mass is 10.2. The van der Waals surface area contributed by atoms with Crippen molar-refractivity contribution in [1.29, 1.82) is 0 Å². The van der Waals surface area contributed by atoms with E-state index in [9.17, 15) is 4.79 Å². The summed E-state index contributed by atoms with van der Waals surface area (Å²) in [6, 6.07) is 9.26. The minimum Gasteiger partial charge on any atom is -0.493 e. The SMILES string of the molecule is C1CCOC1.C=C(CCOc1ccccc1)C(=O)O. The first-order valence-corrected chi connectivity index (χ1v) is 6.37. The Kier molecular flexibility index (Phi) is 7.35. The summed E-state index contributed by atoms with van der Waals surface area (Å²) in [7, 11) is 0. The van der Waals surface area contributed by atoms with E-state index in [4.69, 9.17) is 14.6 Å². The van der Waals surface area contributed by atoms with Gasteiger partial charge in [-0.25, -0.2) is 4.79 Å². The third-order valence-corrected chi connectivity index (χ3v) is 2.55. The van der Waals surface area contributed by atoms with Crippen LogP contribution in [0.2, 0.25) is 0 Å². The van der Waals surface area contributed by atoms with E-state index in [-0.39, 0.29) is 5.57 Å². The minimum atomic E-state index is -0.971. The van der Waals surface area contributed by atoms with Gasteiger partial charge >= 0.3 is 5.97 Å². The molecule has 1 aliphatic rings. The molecule has 1 aliphatic heterocycles. The van der Waals surface area contributed by atoms with Crippen LogP contribution in [0.25, 0.3) is 0 Å². The van der Waals surface area contributed by atoms with Crippen molar-refractivity contribution in [2.75, 3.05) is 19.8 Å². The molecule has 1 heterocycles. The zero-order valence-corrected chi connectivity index (χ0v) is 11.0. The Labute approximate surface area is 113 Å².